The minimum absolute atomic E-state index is 0.241. The van der Waals surface area contributed by atoms with Crippen molar-refractivity contribution in [2.24, 2.45) is 0 Å². The molecule has 10 heteroatoms. The smallest absolute Gasteiger partial charge is 0.208 e. The predicted octanol–water partition coefficient (Wildman–Crippen LogP) is 0.837. The van der Waals surface area contributed by atoms with Gasteiger partial charge in [-0.25, -0.2) is 13.1 Å². The summed E-state index contributed by atoms with van der Waals surface area (Å²) in [5.41, 5.74) is 1.70. The first kappa shape index (κ1) is 18.1. The van der Waals surface area contributed by atoms with Crippen molar-refractivity contribution in [3.8, 4) is 5.75 Å². The average molecular weight is 376 g/mol. The molecule has 0 aliphatic heterocycles. The molecule has 2 heterocycles. The molecule has 3 aromatic rings. The van der Waals surface area contributed by atoms with E-state index in [1.807, 2.05) is 36.4 Å². The molecule has 26 heavy (non-hydrogen) atoms. The number of fused-ring (bicyclic) bond motifs is 1. The van der Waals surface area contributed by atoms with Gasteiger partial charge < -0.3 is 10.1 Å². The van der Waals surface area contributed by atoms with Crippen LogP contribution in [0, 0.1) is 0 Å². The Bertz CT molecular complexity index is 985. The summed E-state index contributed by atoms with van der Waals surface area (Å²) in [6, 6.07) is 11.4. The highest BCUT2D eigenvalue weighted by atomic mass is 32.2. The number of nitrogens with one attached hydrogen (secondary N) is 2. The predicted molar refractivity (Wildman–Crippen MR) is 97.7 cm³/mol. The molecule has 0 unspecified atom stereocenters. The topological polar surface area (TPSA) is 111 Å². The van der Waals surface area contributed by atoms with Gasteiger partial charge in [-0.3, -0.25) is 0 Å². The summed E-state index contributed by atoms with van der Waals surface area (Å²) in [5, 5.41) is 15.8. The van der Waals surface area contributed by atoms with Gasteiger partial charge in [-0.2, -0.15) is 4.52 Å². The Balaban J connectivity index is 1.68. The van der Waals surface area contributed by atoms with Crippen molar-refractivity contribution in [3.63, 3.8) is 0 Å². The summed E-state index contributed by atoms with van der Waals surface area (Å²) in [6.07, 6.45) is 1.51. The van der Waals surface area contributed by atoms with E-state index in [2.05, 4.69) is 25.3 Å². The van der Waals surface area contributed by atoms with Crippen molar-refractivity contribution in [1.82, 2.24) is 24.5 Å². The van der Waals surface area contributed by atoms with E-state index in [-0.39, 0.29) is 6.54 Å². The largest absolute Gasteiger partial charge is 0.497 e. The molecular weight excluding hydrogens is 356 g/mol. The summed E-state index contributed by atoms with van der Waals surface area (Å²) in [7, 11) is -1.60. The first-order valence-corrected chi connectivity index (χ1v) is 9.86. The molecule has 0 fully saturated rings. The number of hydrogen-bond acceptors (Lipinski definition) is 7. The number of nitrogens with zero attached hydrogens (tertiary/aromatic N) is 4. The van der Waals surface area contributed by atoms with Gasteiger partial charge in [-0.1, -0.05) is 12.1 Å². The van der Waals surface area contributed by atoms with Gasteiger partial charge in [0.25, 0.3) is 0 Å². The minimum atomic E-state index is -3.23. The Morgan fingerprint density at radius 2 is 1.88 bits per heavy atom. The summed E-state index contributed by atoms with van der Waals surface area (Å²) >= 11 is 0. The van der Waals surface area contributed by atoms with Gasteiger partial charge in [0, 0.05) is 19.5 Å². The standard InChI is InChI=1S/C16H20N6O3S/c1-25-13-5-3-12(4-6-13)11-17-14-7-8-15-19-20-16(22(15)21-14)9-10-18-26(2,23)24/h3-8,18H,9-11H2,1-2H3,(H,17,21). The Labute approximate surface area is 151 Å². The number of hydrogen-bond donors (Lipinski definition) is 2. The normalized spacial score (nSPS) is 11.6. The molecule has 1 aromatic carbocycles. The quantitative estimate of drug-likeness (QED) is 0.599. The minimum Gasteiger partial charge on any atom is -0.497 e. The van der Waals surface area contributed by atoms with E-state index >= 15 is 0 Å². The van der Waals surface area contributed by atoms with Crippen LogP contribution in [0.4, 0.5) is 5.82 Å². The summed E-state index contributed by atoms with van der Waals surface area (Å²) < 4.78 is 31.5. The lowest BCUT2D eigenvalue weighted by atomic mass is 10.2. The number of rotatable bonds is 8. The Hall–Kier alpha value is -2.72. The molecule has 2 N–H and O–H groups in total. The Morgan fingerprint density at radius 1 is 1.12 bits per heavy atom. The SMILES string of the molecule is COc1ccc(CNc2ccc3nnc(CCNS(C)(=O)=O)n3n2)cc1. The van der Waals surface area contributed by atoms with E-state index in [4.69, 9.17) is 4.74 Å². The highest BCUT2D eigenvalue weighted by molar-refractivity contribution is 7.88. The van der Waals surface area contributed by atoms with Gasteiger partial charge >= 0.3 is 0 Å². The van der Waals surface area contributed by atoms with Crippen LogP contribution in [-0.2, 0) is 23.0 Å². The number of anilines is 1. The van der Waals surface area contributed by atoms with Gasteiger partial charge in [0.05, 0.1) is 13.4 Å². The fourth-order valence-corrected chi connectivity index (χ4v) is 2.84. The van der Waals surface area contributed by atoms with Gasteiger partial charge in [0.2, 0.25) is 10.0 Å². The molecule has 138 valence electrons. The van der Waals surface area contributed by atoms with Crippen molar-refractivity contribution < 1.29 is 13.2 Å². The molecule has 0 bridgehead atoms. The van der Waals surface area contributed by atoms with Gasteiger partial charge in [0.15, 0.2) is 11.5 Å². The van der Waals surface area contributed by atoms with Crippen molar-refractivity contribution in [2.75, 3.05) is 25.2 Å². The van der Waals surface area contributed by atoms with Crippen LogP contribution in [0.5, 0.6) is 5.75 Å². The molecule has 2 aromatic heterocycles. The van der Waals surface area contributed by atoms with Gasteiger partial charge in [-0.05, 0) is 29.8 Å². The average Bonchev–Trinajstić information content (AvgIpc) is 3.02. The second kappa shape index (κ2) is 7.67. The Morgan fingerprint density at radius 3 is 2.58 bits per heavy atom. The zero-order valence-corrected chi connectivity index (χ0v) is 15.3. The third kappa shape index (κ3) is 4.67. The number of sulfonamides is 1. The van der Waals surface area contributed by atoms with Crippen LogP contribution in [0.1, 0.15) is 11.4 Å². The number of benzene rings is 1. The van der Waals surface area contributed by atoms with Gasteiger partial charge in [-0.15, -0.1) is 15.3 Å². The van der Waals surface area contributed by atoms with Crippen molar-refractivity contribution in [2.45, 2.75) is 13.0 Å². The molecule has 0 spiro atoms. The molecule has 0 saturated heterocycles. The lowest BCUT2D eigenvalue weighted by Crippen LogP contribution is -2.25. The molecule has 0 amide bonds. The van der Waals surface area contributed by atoms with E-state index in [0.717, 1.165) is 17.6 Å². The van der Waals surface area contributed by atoms with E-state index in [1.54, 1.807) is 11.6 Å². The molecule has 0 saturated carbocycles. The molecule has 0 radical (unpaired) electrons. The van der Waals surface area contributed by atoms with Crippen LogP contribution >= 0.6 is 0 Å². The molecule has 0 atom stereocenters. The number of methoxy groups -OCH3 is 1. The van der Waals surface area contributed by atoms with Crippen LogP contribution in [-0.4, -0.2) is 48.1 Å². The maximum absolute atomic E-state index is 11.2. The number of aromatic nitrogens is 4. The summed E-state index contributed by atoms with van der Waals surface area (Å²) in [4.78, 5) is 0. The van der Waals surface area contributed by atoms with Crippen LogP contribution < -0.4 is 14.8 Å². The molecular formula is C16H20N6O3S. The van der Waals surface area contributed by atoms with Crippen molar-refractivity contribution in [3.05, 3.63) is 47.8 Å². The second-order valence-electron chi connectivity index (χ2n) is 5.72. The fraction of sp³-hybridized carbons (Fsp3) is 0.312. The highest BCUT2D eigenvalue weighted by Gasteiger charge is 2.09. The highest BCUT2D eigenvalue weighted by Crippen LogP contribution is 2.13. The van der Waals surface area contributed by atoms with Crippen LogP contribution in [0.3, 0.4) is 0 Å². The van der Waals surface area contributed by atoms with Crippen LogP contribution in [0.25, 0.3) is 5.65 Å². The number of ether oxygens (including phenoxy) is 1. The van der Waals surface area contributed by atoms with E-state index < -0.39 is 10.0 Å². The zero-order chi connectivity index (χ0) is 18.6. The third-order valence-electron chi connectivity index (χ3n) is 3.67. The summed E-state index contributed by atoms with van der Waals surface area (Å²) in [6.45, 7) is 0.848. The molecule has 0 aliphatic rings. The lowest BCUT2D eigenvalue weighted by Gasteiger charge is -2.07. The maximum Gasteiger partial charge on any atom is 0.208 e. The van der Waals surface area contributed by atoms with E-state index in [1.165, 1.54) is 0 Å². The van der Waals surface area contributed by atoms with Crippen LogP contribution in [0.15, 0.2) is 36.4 Å². The van der Waals surface area contributed by atoms with Gasteiger partial charge in [0.1, 0.15) is 11.6 Å². The van der Waals surface area contributed by atoms with Crippen molar-refractivity contribution >= 4 is 21.5 Å². The molecule has 0 aliphatic carbocycles. The fourth-order valence-electron chi connectivity index (χ4n) is 2.37. The first-order valence-electron chi connectivity index (χ1n) is 7.97. The third-order valence-corrected chi connectivity index (χ3v) is 4.40. The lowest BCUT2D eigenvalue weighted by molar-refractivity contribution is 0.414. The van der Waals surface area contributed by atoms with E-state index in [9.17, 15) is 8.42 Å². The first-order chi connectivity index (χ1) is 12.4. The second-order valence-corrected chi connectivity index (χ2v) is 7.56. The zero-order valence-electron chi connectivity index (χ0n) is 14.5. The Kier molecular flexibility index (Phi) is 5.33. The van der Waals surface area contributed by atoms with E-state index in [0.29, 0.717) is 30.3 Å². The van der Waals surface area contributed by atoms with Crippen molar-refractivity contribution in [1.29, 1.82) is 0 Å². The summed E-state index contributed by atoms with van der Waals surface area (Å²) in [5.74, 6) is 2.07. The maximum atomic E-state index is 11.2. The monoisotopic (exact) mass is 376 g/mol. The van der Waals surface area contributed by atoms with Crippen LogP contribution in [0.2, 0.25) is 0 Å². The molecule has 3 rings (SSSR count). The molecule has 9 nitrogen and oxygen atoms in total.